The van der Waals surface area contributed by atoms with Crippen molar-refractivity contribution in [2.45, 2.75) is 64.5 Å². The molecule has 1 aromatic carbocycles. The van der Waals surface area contributed by atoms with Gasteiger partial charge in [-0.1, -0.05) is 38.0 Å². The molecule has 0 aliphatic carbocycles. The molecule has 2 aliphatic heterocycles. The average Bonchev–Trinajstić information content (AvgIpc) is 2.72. The van der Waals surface area contributed by atoms with E-state index in [0.717, 1.165) is 43.8 Å². The van der Waals surface area contributed by atoms with Gasteiger partial charge in [0.15, 0.2) is 0 Å². The lowest BCUT2D eigenvalue weighted by Gasteiger charge is -2.33. The highest BCUT2D eigenvalue weighted by Gasteiger charge is 2.30. The van der Waals surface area contributed by atoms with Crippen LogP contribution in [-0.2, 0) is 12.6 Å². The molecular weight excluding hydrogens is 373 g/mol. The van der Waals surface area contributed by atoms with E-state index in [1.807, 2.05) is 6.07 Å². The molecule has 2 heterocycles. The first kappa shape index (κ1) is 22.6. The normalized spacial score (nSPS) is 21.0. The minimum atomic E-state index is -4.24. The number of nitrogens with zero attached hydrogens (tertiary/aromatic N) is 2. The van der Waals surface area contributed by atoms with Gasteiger partial charge in [0.05, 0.1) is 5.56 Å². The summed E-state index contributed by atoms with van der Waals surface area (Å²) in [7, 11) is 0. The van der Waals surface area contributed by atoms with Gasteiger partial charge in [0.25, 0.3) is 0 Å². The lowest BCUT2D eigenvalue weighted by atomic mass is 9.89. The summed E-state index contributed by atoms with van der Waals surface area (Å²) in [6.07, 6.45) is 5.47. The molecule has 0 saturated carbocycles. The van der Waals surface area contributed by atoms with E-state index in [4.69, 9.17) is 0 Å². The van der Waals surface area contributed by atoms with E-state index in [1.54, 1.807) is 6.07 Å². The molecule has 0 aromatic heterocycles. The maximum atomic E-state index is 12.9. The first-order chi connectivity index (χ1) is 13.9. The van der Waals surface area contributed by atoms with Gasteiger partial charge in [0, 0.05) is 0 Å². The van der Waals surface area contributed by atoms with E-state index in [9.17, 15) is 13.2 Å². The highest BCUT2D eigenvalue weighted by molar-refractivity contribution is 5.26. The van der Waals surface area contributed by atoms with Gasteiger partial charge in [0.2, 0.25) is 0 Å². The second-order valence-corrected chi connectivity index (χ2v) is 9.06. The Morgan fingerprint density at radius 3 is 2.21 bits per heavy atom. The van der Waals surface area contributed by atoms with Gasteiger partial charge in [-0.3, -0.25) is 0 Å². The van der Waals surface area contributed by atoms with Crippen molar-refractivity contribution in [2.24, 2.45) is 11.8 Å². The summed E-state index contributed by atoms with van der Waals surface area (Å²) in [5.41, 5.74) is 0.306. The third-order valence-electron chi connectivity index (χ3n) is 6.98. The molecule has 2 nitrogen and oxygen atoms in total. The number of hydrogen-bond acceptors (Lipinski definition) is 2. The lowest BCUT2D eigenvalue weighted by Crippen LogP contribution is -2.35. The Morgan fingerprint density at radius 1 is 0.897 bits per heavy atom. The molecule has 1 aromatic rings. The van der Waals surface area contributed by atoms with Crippen LogP contribution in [0, 0.1) is 11.8 Å². The maximum absolute atomic E-state index is 12.9. The Hall–Kier alpha value is -1.07. The first-order valence-electron chi connectivity index (χ1n) is 11.5. The van der Waals surface area contributed by atoms with Crippen LogP contribution in [0.5, 0.6) is 0 Å². The third-order valence-corrected chi connectivity index (χ3v) is 6.98. The van der Waals surface area contributed by atoms with Gasteiger partial charge in [-0.15, -0.1) is 0 Å². The van der Waals surface area contributed by atoms with Crippen LogP contribution in [0.25, 0.3) is 0 Å². The van der Waals surface area contributed by atoms with E-state index < -0.39 is 11.7 Å². The summed E-state index contributed by atoms with van der Waals surface area (Å²) in [4.78, 5) is 5.11. The second-order valence-electron chi connectivity index (χ2n) is 9.06. The summed E-state index contributed by atoms with van der Waals surface area (Å²) in [6, 6.07) is 5.88. The number of piperidine rings is 2. The van der Waals surface area contributed by atoms with Gasteiger partial charge >= 0.3 is 6.18 Å². The fourth-order valence-corrected chi connectivity index (χ4v) is 4.98. The Balaban J connectivity index is 1.30. The van der Waals surface area contributed by atoms with E-state index in [2.05, 4.69) is 16.7 Å². The summed E-state index contributed by atoms with van der Waals surface area (Å²) in [5.74, 6) is 1.44. The lowest BCUT2D eigenvalue weighted by molar-refractivity contribution is -0.137. The highest BCUT2D eigenvalue weighted by atomic mass is 19.4. The van der Waals surface area contributed by atoms with Crippen LogP contribution in [0.1, 0.15) is 63.0 Å². The van der Waals surface area contributed by atoms with E-state index in [-0.39, 0.29) is 0 Å². The van der Waals surface area contributed by atoms with Crippen molar-refractivity contribution in [1.82, 2.24) is 9.80 Å². The minimum absolute atomic E-state index is 0.512. The number of unbranched alkanes of at least 4 members (excludes halogenated alkanes) is 1. The number of hydrogen-bond donors (Lipinski definition) is 0. The van der Waals surface area contributed by atoms with Crippen LogP contribution in [0.4, 0.5) is 13.2 Å². The van der Waals surface area contributed by atoms with Gasteiger partial charge in [0.1, 0.15) is 0 Å². The zero-order chi connectivity index (χ0) is 20.7. The maximum Gasteiger partial charge on any atom is 0.416 e. The molecule has 29 heavy (non-hydrogen) atoms. The first-order valence-corrected chi connectivity index (χ1v) is 11.5. The summed E-state index contributed by atoms with van der Waals surface area (Å²) in [6.45, 7) is 9.38. The van der Waals surface area contributed by atoms with E-state index in [0.29, 0.717) is 5.92 Å². The van der Waals surface area contributed by atoms with Crippen LogP contribution < -0.4 is 0 Å². The van der Waals surface area contributed by atoms with Gasteiger partial charge in [-0.2, -0.15) is 13.2 Å². The largest absolute Gasteiger partial charge is 0.416 e. The fourth-order valence-electron chi connectivity index (χ4n) is 4.98. The molecule has 0 N–H and O–H groups in total. The topological polar surface area (TPSA) is 6.48 Å². The number of halogens is 3. The highest BCUT2D eigenvalue weighted by Crippen LogP contribution is 2.31. The average molecular weight is 411 g/mol. The molecule has 2 saturated heterocycles. The van der Waals surface area contributed by atoms with Crippen LogP contribution >= 0.6 is 0 Å². The Morgan fingerprint density at radius 2 is 1.55 bits per heavy atom. The van der Waals surface area contributed by atoms with Crippen molar-refractivity contribution in [3.8, 4) is 0 Å². The standard InChI is InChI=1S/C24H37F3N2/c1-2-28-14-9-20(10-15-28)6-3-4-13-29-16-11-21(12-17-29)18-22-7-5-8-23(19-22)24(25,26)27/h5,7-8,19-21H,2-4,6,9-18H2,1H3. The van der Waals surface area contributed by atoms with Gasteiger partial charge in [-0.25, -0.2) is 0 Å². The number of likely N-dealkylation sites (tertiary alicyclic amines) is 2. The van der Waals surface area contributed by atoms with Gasteiger partial charge in [-0.05, 0) is 101 Å². The van der Waals surface area contributed by atoms with Crippen molar-refractivity contribution in [3.05, 3.63) is 35.4 Å². The second kappa shape index (κ2) is 10.8. The number of benzene rings is 1. The molecule has 0 unspecified atom stereocenters. The molecule has 0 spiro atoms. The molecule has 0 amide bonds. The molecular formula is C24H37F3N2. The number of rotatable bonds is 8. The molecule has 0 radical (unpaired) electrons. The Bertz CT molecular complexity index is 600. The van der Waals surface area contributed by atoms with Crippen LogP contribution in [0.3, 0.4) is 0 Å². The van der Waals surface area contributed by atoms with Gasteiger partial charge < -0.3 is 9.80 Å². The van der Waals surface area contributed by atoms with Crippen LogP contribution in [-0.4, -0.2) is 49.1 Å². The van der Waals surface area contributed by atoms with Crippen molar-refractivity contribution < 1.29 is 13.2 Å². The zero-order valence-electron chi connectivity index (χ0n) is 17.9. The summed E-state index contributed by atoms with van der Waals surface area (Å²) < 4.78 is 38.7. The minimum Gasteiger partial charge on any atom is -0.304 e. The molecule has 164 valence electrons. The van der Waals surface area contributed by atoms with E-state index in [1.165, 1.54) is 70.4 Å². The van der Waals surface area contributed by atoms with Crippen molar-refractivity contribution in [2.75, 3.05) is 39.3 Å². The predicted molar refractivity (Wildman–Crippen MR) is 113 cm³/mol. The SMILES string of the molecule is CCN1CCC(CCCCN2CCC(Cc3cccc(C(F)(F)F)c3)CC2)CC1. The molecule has 0 bridgehead atoms. The Labute approximate surface area is 174 Å². The van der Waals surface area contributed by atoms with Crippen molar-refractivity contribution in [1.29, 1.82) is 0 Å². The molecule has 3 rings (SSSR count). The Kier molecular flexibility index (Phi) is 8.43. The smallest absolute Gasteiger partial charge is 0.304 e. The monoisotopic (exact) mass is 410 g/mol. The number of alkyl halides is 3. The summed E-state index contributed by atoms with van der Waals surface area (Å²) >= 11 is 0. The van der Waals surface area contributed by atoms with Crippen molar-refractivity contribution in [3.63, 3.8) is 0 Å². The zero-order valence-corrected chi connectivity index (χ0v) is 17.9. The molecule has 2 fully saturated rings. The van der Waals surface area contributed by atoms with E-state index >= 15 is 0 Å². The predicted octanol–water partition coefficient (Wildman–Crippen LogP) is 5.86. The quantitative estimate of drug-likeness (QED) is 0.495. The fraction of sp³-hybridized carbons (Fsp3) is 0.750. The molecule has 2 aliphatic rings. The molecule has 5 heteroatoms. The molecule has 0 atom stereocenters. The van der Waals surface area contributed by atoms with Crippen LogP contribution in [0.15, 0.2) is 24.3 Å². The summed E-state index contributed by atoms with van der Waals surface area (Å²) in [5, 5.41) is 0. The van der Waals surface area contributed by atoms with Crippen LogP contribution in [0.2, 0.25) is 0 Å². The van der Waals surface area contributed by atoms with Crippen molar-refractivity contribution >= 4 is 0 Å². The third kappa shape index (κ3) is 7.29.